The number of rotatable bonds is 6. The van der Waals surface area contributed by atoms with Crippen molar-refractivity contribution in [2.24, 2.45) is 5.73 Å². The van der Waals surface area contributed by atoms with Crippen LogP contribution in [0.15, 0.2) is 30.3 Å². The molecule has 2 amide bonds. The van der Waals surface area contributed by atoms with Gasteiger partial charge < -0.3 is 20.3 Å². The van der Waals surface area contributed by atoms with Gasteiger partial charge in [-0.15, -0.1) is 0 Å². The molecule has 24 heavy (non-hydrogen) atoms. The van der Waals surface area contributed by atoms with Gasteiger partial charge in [-0.1, -0.05) is 30.3 Å². The summed E-state index contributed by atoms with van der Waals surface area (Å²) in [6.45, 7) is 6.23. The van der Waals surface area contributed by atoms with Crippen LogP contribution in [-0.2, 0) is 16.0 Å². The summed E-state index contributed by atoms with van der Waals surface area (Å²) in [5.74, 6) is -0.142. The molecule has 0 aliphatic rings. The Morgan fingerprint density at radius 1 is 1.08 bits per heavy atom. The maximum atomic E-state index is 12.3. The monoisotopic (exact) mass is 335 g/mol. The molecule has 0 bridgehead atoms. The molecule has 0 aliphatic heterocycles. The number of nitrogens with zero attached hydrogens (tertiary/aromatic N) is 2. The number of hydrogen-bond acceptors (Lipinski definition) is 4. The van der Waals surface area contributed by atoms with Crippen molar-refractivity contribution in [1.29, 1.82) is 0 Å². The fourth-order valence-corrected chi connectivity index (χ4v) is 2.08. The Balaban J connectivity index is 2.44. The lowest BCUT2D eigenvalue weighted by Gasteiger charge is -2.27. The van der Waals surface area contributed by atoms with Crippen LogP contribution in [0, 0.1) is 0 Å². The quantitative estimate of drug-likeness (QED) is 0.861. The van der Waals surface area contributed by atoms with E-state index in [4.69, 9.17) is 10.5 Å². The SMILES string of the molecule is CN(CCN(C)C(=O)[C@@H](N)Cc1ccccc1)C(=O)OC(C)(C)C. The van der Waals surface area contributed by atoms with Crippen molar-refractivity contribution in [2.45, 2.75) is 38.8 Å². The molecule has 0 heterocycles. The van der Waals surface area contributed by atoms with E-state index in [-0.39, 0.29) is 5.91 Å². The minimum atomic E-state index is -0.593. The second-order valence-corrected chi connectivity index (χ2v) is 6.96. The number of carbonyl (C=O) groups is 2. The van der Waals surface area contributed by atoms with Crippen molar-refractivity contribution in [2.75, 3.05) is 27.2 Å². The van der Waals surface area contributed by atoms with Crippen LogP contribution >= 0.6 is 0 Å². The van der Waals surface area contributed by atoms with E-state index in [1.807, 2.05) is 51.1 Å². The van der Waals surface area contributed by atoms with Crippen LogP contribution in [0.1, 0.15) is 26.3 Å². The van der Waals surface area contributed by atoms with E-state index in [1.54, 1.807) is 19.0 Å². The number of nitrogens with two attached hydrogens (primary N) is 1. The van der Waals surface area contributed by atoms with Gasteiger partial charge in [0.05, 0.1) is 6.04 Å². The fraction of sp³-hybridized carbons (Fsp3) is 0.556. The molecule has 2 N–H and O–H groups in total. The van der Waals surface area contributed by atoms with Crippen LogP contribution in [-0.4, -0.2) is 60.6 Å². The molecule has 1 aromatic carbocycles. The zero-order valence-corrected chi connectivity index (χ0v) is 15.3. The summed E-state index contributed by atoms with van der Waals surface area (Å²) >= 11 is 0. The van der Waals surface area contributed by atoms with Gasteiger partial charge in [-0.25, -0.2) is 4.79 Å². The van der Waals surface area contributed by atoms with Gasteiger partial charge >= 0.3 is 6.09 Å². The van der Waals surface area contributed by atoms with Gasteiger partial charge in [0.25, 0.3) is 0 Å². The maximum absolute atomic E-state index is 12.3. The van der Waals surface area contributed by atoms with E-state index < -0.39 is 17.7 Å². The van der Waals surface area contributed by atoms with Gasteiger partial charge in [0, 0.05) is 27.2 Å². The zero-order valence-electron chi connectivity index (χ0n) is 15.3. The highest BCUT2D eigenvalue weighted by Gasteiger charge is 2.22. The van der Waals surface area contributed by atoms with Crippen molar-refractivity contribution >= 4 is 12.0 Å². The van der Waals surface area contributed by atoms with E-state index in [1.165, 1.54) is 4.90 Å². The predicted octanol–water partition coefficient (Wildman–Crippen LogP) is 1.88. The summed E-state index contributed by atoms with van der Waals surface area (Å²) in [4.78, 5) is 27.2. The summed E-state index contributed by atoms with van der Waals surface area (Å²) < 4.78 is 5.28. The highest BCUT2D eigenvalue weighted by atomic mass is 16.6. The van der Waals surface area contributed by atoms with E-state index in [2.05, 4.69) is 0 Å². The molecule has 0 aliphatic carbocycles. The molecule has 134 valence electrons. The molecule has 0 aromatic heterocycles. The molecule has 0 radical (unpaired) electrons. The van der Waals surface area contributed by atoms with Crippen LogP contribution in [0.4, 0.5) is 4.79 Å². The third-order valence-corrected chi connectivity index (χ3v) is 3.47. The second-order valence-electron chi connectivity index (χ2n) is 6.96. The summed E-state index contributed by atoms with van der Waals surface area (Å²) in [6.07, 6.45) is 0.0864. The van der Waals surface area contributed by atoms with Gasteiger partial charge in [-0.05, 0) is 32.8 Å². The van der Waals surface area contributed by atoms with Gasteiger partial charge in [-0.3, -0.25) is 4.79 Å². The Hall–Kier alpha value is -2.08. The molecule has 1 atom stereocenters. The second kappa shape index (κ2) is 8.68. The first-order valence-electron chi connectivity index (χ1n) is 8.09. The summed E-state index contributed by atoms with van der Waals surface area (Å²) in [5, 5.41) is 0. The standard InChI is InChI=1S/C18H29N3O3/c1-18(2,3)24-17(23)21(5)12-11-20(4)16(22)15(19)13-14-9-7-6-8-10-14/h6-10,15H,11-13,19H2,1-5H3/t15-/m0/s1. The molecular weight excluding hydrogens is 306 g/mol. The lowest BCUT2D eigenvalue weighted by molar-refractivity contribution is -0.131. The van der Waals surface area contributed by atoms with Crippen molar-refractivity contribution in [3.8, 4) is 0 Å². The zero-order chi connectivity index (χ0) is 18.3. The number of ether oxygens (including phenoxy) is 1. The molecule has 0 fully saturated rings. The Labute approximate surface area is 144 Å². The number of carbonyl (C=O) groups excluding carboxylic acids is 2. The minimum Gasteiger partial charge on any atom is -0.444 e. The first-order valence-corrected chi connectivity index (χ1v) is 8.09. The third-order valence-electron chi connectivity index (χ3n) is 3.47. The molecule has 6 nitrogen and oxygen atoms in total. The van der Waals surface area contributed by atoms with E-state index in [0.717, 1.165) is 5.56 Å². The van der Waals surface area contributed by atoms with Crippen LogP contribution in [0.3, 0.4) is 0 Å². The molecule has 0 spiro atoms. The topological polar surface area (TPSA) is 75.9 Å². The fourth-order valence-electron chi connectivity index (χ4n) is 2.08. The summed E-state index contributed by atoms with van der Waals surface area (Å²) in [7, 11) is 3.34. The Kier molecular flexibility index (Phi) is 7.22. The minimum absolute atomic E-state index is 0.142. The molecule has 1 rings (SSSR count). The van der Waals surface area contributed by atoms with Crippen LogP contribution in [0.25, 0.3) is 0 Å². The van der Waals surface area contributed by atoms with E-state index in [9.17, 15) is 9.59 Å². The van der Waals surface area contributed by atoms with Gasteiger partial charge in [0.15, 0.2) is 0 Å². The molecule has 0 saturated heterocycles. The summed E-state index contributed by atoms with van der Waals surface area (Å²) in [6, 6.07) is 9.07. The van der Waals surface area contributed by atoms with Crippen molar-refractivity contribution in [3.63, 3.8) is 0 Å². The molecule has 6 heteroatoms. The van der Waals surface area contributed by atoms with Gasteiger partial charge in [0.1, 0.15) is 5.60 Å². The molecule has 0 saturated carbocycles. The first kappa shape index (κ1) is 20.0. The van der Waals surface area contributed by atoms with Crippen molar-refractivity contribution in [3.05, 3.63) is 35.9 Å². The highest BCUT2D eigenvalue weighted by Crippen LogP contribution is 2.09. The predicted molar refractivity (Wildman–Crippen MR) is 94.6 cm³/mol. The van der Waals surface area contributed by atoms with Gasteiger partial charge in [-0.2, -0.15) is 0 Å². The Morgan fingerprint density at radius 3 is 2.17 bits per heavy atom. The van der Waals surface area contributed by atoms with Crippen LogP contribution in [0.2, 0.25) is 0 Å². The Morgan fingerprint density at radius 2 is 1.62 bits per heavy atom. The van der Waals surface area contributed by atoms with E-state index >= 15 is 0 Å². The number of benzene rings is 1. The van der Waals surface area contributed by atoms with Crippen molar-refractivity contribution in [1.82, 2.24) is 9.80 Å². The largest absolute Gasteiger partial charge is 0.444 e. The van der Waals surface area contributed by atoms with Crippen LogP contribution in [0.5, 0.6) is 0 Å². The third kappa shape index (κ3) is 7.00. The average molecular weight is 335 g/mol. The molecular formula is C18H29N3O3. The smallest absolute Gasteiger partial charge is 0.410 e. The van der Waals surface area contributed by atoms with Crippen molar-refractivity contribution < 1.29 is 14.3 Å². The molecule has 0 unspecified atom stereocenters. The number of amides is 2. The highest BCUT2D eigenvalue weighted by molar-refractivity contribution is 5.81. The summed E-state index contributed by atoms with van der Waals surface area (Å²) in [5.41, 5.74) is 6.49. The average Bonchev–Trinajstić information content (AvgIpc) is 2.50. The first-order chi connectivity index (χ1) is 11.1. The maximum Gasteiger partial charge on any atom is 0.410 e. The number of likely N-dealkylation sites (N-methyl/N-ethyl adjacent to an activating group) is 2. The lowest BCUT2D eigenvalue weighted by Crippen LogP contribution is -2.46. The molecule has 1 aromatic rings. The lowest BCUT2D eigenvalue weighted by atomic mass is 10.1. The van der Waals surface area contributed by atoms with E-state index in [0.29, 0.717) is 19.5 Å². The van der Waals surface area contributed by atoms with Crippen LogP contribution < -0.4 is 5.73 Å². The van der Waals surface area contributed by atoms with Gasteiger partial charge in [0.2, 0.25) is 5.91 Å². The number of hydrogen-bond donors (Lipinski definition) is 1. The normalized spacial score (nSPS) is 12.4. The Bertz CT molecular complexity index is 540.